The summed E-state index contributed by atoms with van der Waals surface area (Å²) in [6, 6.07) is 5.23. The van der Waals surface area contributed by atoms with Crippen molar-refractivity contribution in [1.29, 1.82) is 0 Å². The molecule has 130 valence electrons. The quantitative estimate of drug-likeness (QED) is 0.434. The molecule has 0 saturated heterocycles. The first-order chi connectivity index (χ1) is 11.3. The largest absolute Gasteiger partial charge is 0.394 e. The van der Waals surface area contributed by atoms with Gasteiger partial charge in [0.1, 0.15) is 5.82 Å². The van der Waals surface area contributed by atoms with Gasteiger partial charge in [-0.05, 0) is 40.2 Å². The Morgan fingerprint density at radius 2 is 1.83 bits per heavy atom. The number of nitrogens with two attached hydrogens (primary N) is 1. The summed E-state index contributed by atoms with van der Waals surface area (Å²) >= 11 is 3.27. The number of aliphatic hydroxyl groups is 2. The van der Waals surface area contributed by atoms with Crippen LogP contribution in [0.1, 0.15) is 0 Å². The molecule has 0 bridgehead atoms. The highest BCUT2D eigenvalue weighted by Crippen LogP contribution is 2.23. The molecule has 0 aliphatic heterocycles. The number of anilines is 3. The van der Waals surface area contributed by atoms with Crippen LogP contribution in [-0.2, 0) is 10.0 Å². The van der Waals surface area contributed by atoms with Crippen LogP contribution >= 0.6 is 15.9 Å². The second kappa shape index (κ2) is 7.85. The lowest BCUT2D eigenvalue weighted by molar-refractivity contribution is 0.203. The molecular formula is C13H16BrN5O4S. The van der Waals surface area contributed by atoms with E-state index in [2.05, 4.69) is 36.5 Å². The molecule has 6 N–H and O–H groups in total. The number of nitrogens with one attached hydrogen (secondary N) is 2. The number of nitrogens with zero attached hydrogens (tertiary/aromatic N) is 2. The van der Waals surface area contributed by atoms with Crippen molar-refractivity contribution in [2.24, 2.45) is 5.14 Å². The number of sulfonamides is 1. The van der Waals surface area contributed by atoms with Crippen molar-refractivity contribution < 1.29 is 18.6 Å². The van der Waals surface area contributed by atoms with E-state index in [1.54, 1.807) is 0 Å². The van der Waals surface area contributed by atoms with Gasteiger partial charge in [0.25, 0.3) is 0 Å². The molecule has 0 unspecified atom stereocenters. The fourth-order valence-corrected chi connectivity index (χ4v) is 2.55. The van der Waals surface area contributed by atoms with Gasteiger partial charge in [0.05, 0.1) is 28.6 Å². The Morgan fingerprint density at radius 3 is 2.38 bits per heavy atom. The Balaban J connectivity index is 2.18. The summed E-state index contributed by atoms with van der Waals surface area (Å²) in [6.45, 7) is -0.518. The summed E-state index contributed by atoms with van der Waals surface area (Å²) < 4.78 is 23.0. The average molecular weight is 418 g/mol. The maximum Gasteiger partial charge on any atom is 0.238 e. The molecule has 0 aliphatic rings. The molecular weight excluding hydrogens is 402 g/mol. The summed E-state index contributed by atoms with van der Waals surface area (Å²) in [5, 5.41) is 29.1. The first kappa shape index (κ1) is 18.5. The monoisotopic (exact) mass is 417 g/mol. The van der Waals surface area contributed by atoms with E-state index >= 15 is 0 Å². The minimum absolute atomic E-state index is 0.000800. The van der Waals surface area contributed by atoms with Crippen LogP contribution in [0.3, 0.4) is 0 Å². The van der Waals surface area contributed by atoms with Crippen LogP contribution < -0.4 is 15.8 Å². The van der Waals surface area contributed by atoms with E-state index in [9.17, 15) is 8.42 Å². The van der Waals surface area contributed by atoms with E-state index in [1.807, 2.05) is 0 Å². The highest BCUT2D eigenvalue weighted by atomic mass is 79.9. The molecule has 11 heteroatoms. The summed E-state index contributed by atoms with van der Waals surface area (Å²) in [7, 11) is -3.75. The van der Waals surface area contributed by atoms with Crippen LogP contribution in [0, 0.1) is 0 Å². The predicted molar refractivity (Wildman–Crippen MR) is 92.4 cm³/mol. The van der Waals surface area contributed by atoms with Gasteiger partial charge in [0.2, 0.25) is 16.0 Å². The molecule has 1 aromatic carbocycles. The average Bonchev–Trinajstić information content (AvgIpc) is 2.55. The van der Waals surface area contributed by atoms with Crippen molar-refractivity contribution in [3.8, 4) is 0 Å². The molecule has 0 amide bonds. The van der Waals surface area contributed by atoms with Crippen molar-refractivity contribution in [3.05, 3.63) is 34.9 Å². The molecule has 2 aromatic rings. The van der Waals surface area contributed by atoms with E-state index in [0.717, 1.165) is 0 Å². The molecule has 0 atom stereocenters. The third-order valence-corrected chi connectivity index (χ3v) is 4.47. The number of aliphatic hydroxyl groups excluding tert-OH is 2. The van der Waals surface area contributed by atoms with Gasteiger partial charge < -0.3 is 20.8 Å². The molecule has 24 heavy (non-hydrogen) atoms. The summed E-state index contributed by atoms with van der Waals surface area (Å²) in [6.07, 6.45) is 1.50. The van der Waals surface area contributed by atoms with Crippen molar-refractivity contribution >= 4 is 43.4 Å². The van der Waals surface area contributed by atoms with E-state index in [1.165, 1.54) is 30.5 Å². The van der Waals surface area contributed by atoms with Crippen molar-refractivity contribution in [2.75, 3.05) is 23.8 Å². The number of aromatic nitrogens is 2. The van der Waals surface area contributed by atoms with Crippen LogP contribution in [-0.4, -0.2) is 47.9 Å². The van der Waals surface area contributed by atoms with Crippen LogP contribution in [0.4, 0.5) is 17.5 Å². The van der Waals surface area contributed by atoms with Crippen LogP contribution in [0.15, 0.2) is 39.8 Å². The molecule has 1 aromatic heterocycles. The maximum atomic E-state index is 11.2. The van der Waals surface area contributed by atoms with Crippen LogP contribution in [0.2, 0.25) is 0 Å². The van der Waals surface area contributed by atoms with Gasteiger partial charge in [-0.15, -0.1) is 0 Å². The Kier molecular flexibility index (Phi) is 6.07. The topological polar surface area (TPSA) is 150 Å². The third kappa shape index (κ3) is 4.85. The molecule has 9 nitrogen and oxygen atoms in total. The lowest BCUT2D eigenvalue weighted by Gasteiger charge is -2.15. The standard InChI is InChI=1S/C13H16BrN5O4S/c14-11-5-16-13(19-12(11)17-9(6-20)7-21)18-8-1-3-10(4-2-8)24(15,22)23/h1-5,9,20-21H,6-7H2,(H2,15,22,23)(H2,16,17,18,19). The zero-order valence-electron chi connectivity index (χ0n) is 12.3. The zero-order chi connectivity index (χ0) is 17.7. The van der Waals surface area contributed by atoms with Gasteiger partial charge in [-0.2, -0.15) is 4.98 Å². The summed E-state index contributed by atoms with van der Waals surface area (Å²) in [5.41, 5.74) is 0.566. The first-order valence-electron chi connectivity index (χ1n) is 6.74. The predicted octanol–water partition coefficient (Wildman–Crippen LogP) is 0.395. The number of hydrogen-bond acceptors (Lipinski definition) is 8. The minimum Gasteiger partial charge on any atom is -0.394 e. The summed E-state index contributed by atoms with van der Waals surface area (Å²) in [5.74, 6) is 0.639. The first-order valence-corrected chi connectivity index (χ1v) is 9.08. The lowest BCUT2D eigenvalue weighted by Crippen LogP contribution is -2.28. The number of hydrogen-bond donors (Lipinski definition) is 5. The van der Waals surface area contributed by atoms with Crippen LogP contribution in [0.5, 0.6) is 0 Å². The van der Waals surface area contributed by atoms with E-state index in [-0.39, 0.29) is 24.1 Å². The Bertz CT molecular complexity index is 797. The van der Waals surface area contributed by atoms with Crippen molar-refractivity contribution in [3.63, 3.8) is 0 Å². The molecule has 0 fully saturated rings. The highest BCUT2D eigenvalue weighted by molar-refractivity contribution is 9.10. The molecule has 0 saturated carbocycles. The molecule has 0 radical (unpaired) electrons. The number of rotatable bonds is 7. The van der Waals surface area contributed by atoms with Gasteiger partial charge in [0.15, 0.2) is 0 Å². The third-order valence-electron chi connectivity index (χ3n) is 2.96. The van der Waals surface area contributed by atoms with Gasteiger partial charge in [-0.1, -0.05) is 0 Å². The zero-order valence-corrected chi connectivity index (χ0v) is 14.7. The van der Waals surface area contributed by atoms with Gasteiger partial charge in [-0.3, -0.25) is 0 Å². The normalized spacial score (nSPS) is 11.5. The van der Waals surface area contributed by atoms with E-state index < -0.39 is 16.1 Å². The second-order valence-electron chi connectivity index (χ2n) is 4.79. The molecule has 2 rings (SSSR count). The number of halogens is 1. The summed E-state index contributed by atoms with van der Waals surface area (Å²) in [4.78, 5) is 8.32. The lowest BCUT2D eigenvalue weighted by atomic mass is 10.3. The fraction of sp³-hybridized carbons (Fsp3) is 0.231. The van der Waals surface area contributed by atoms with Crippen LogP contribution in [0.25, 0.3) is 0 Å². The van der Waals surface area contributed by atoms with E-state index in [0.29, 0.717) is 16.0 Å². The fourth-order valence-electron chi connectivity index (χ4n) is 1.73. The van der Waals surface area contributed by atoms with Gasteiger partial charge in [-0.25, -0.2) is 18.5 Å². The molecule has 1 heterocycles. The van der Waals surface area contributed by atoms with E-state index in [4.69, 9.17) is 15.4 Å². The maximum absolute atomic E-state index is 11.2. The highest BCUT2D eigenvalue weighted by Gasteiger charge is 2.11. The Hall–Kier alpha value is -1.79. The smallest absolute Gasteiger partial charge is 0.238 e. The Morgan fingerprint density at radius 1 is 1.21 bits per heavy atom. The second-order valence-corrected chi connectivity index (χ2v) is 7.21. The molecule has 0 spiro atoms. The molecule has 0 aliphatic carbocycles. The minimum atomic E-state index is -3.75. The van der Waals surface area contributed by atoms with Crippen molar-refractivity contribution in [2.45, 2.75) is 10.9 Å². The Labute approximate surface area is 147 Å². The van der Waals surface area contributed by atoms with Gasteiger partial charge in [0, 0.05) is 11.9 Å². The van der Waals surface area contributed by atoms with Crippen molar-refractivity contribution in [1.82, 2.24) is 9.97 Å². The van der Waals surface area contributed by atoms with Gasteiger partial charge >= 0.3 is 0 Å². The number of primary sulfonamides is 1. The number of benzene rings is 1. The SMILES string of the molecule is NS(=O)(=O)c1ccc(Nc2ncc(Br)c(NC(CO)CO)n2)cc1.